The molecule has 0 saturated heterocycles. The van der Waals surface area contributed by atoms with Crippen molar-refractivity contribution in [2.45, 2.75) is 70.8 Å². The molecule has 0 aromatic heterocycles. The summed E-state index contributed by atoms with van der Waals surface area (Å²) in [5, 5.41) is 8.91. The van der Waals surface area contributed by atoms with Crippen LogP contribution in [0.25, 0.3) is 0 Å². The normalized spacial score (nSPS) is 10.1. The summed E-state index contributed by atoms with van der Waals surface area (Å²) in [6, 6.07) is 0. The highest BCUT2D eigenvalue weighted by molar-refractivity contribution is 5.68. The lowest BCUT2D eigenvalue weighted by Crippen LogP contribution is -1.99. The first-order valence-electron chi connectivity index (χ1n) is 7.81. The maximum atomic E-state index is 10.9. The molecule has 0 unspecified atom stereocenters. The predicted octanol–water partition coefficient (Wildman–Crippen LogP) is 3.06. The van der Waals surface area contributed by atoms with Crippen molar-refractivity contribution in [2.75, 3.05) is 7.11 Å². The van der Waals surface area contributed by atoms with E-state index < -0.39 is 6.10 Å². The summed E-state index contributed by atoms with van der Waals surface area (Å²) in [4.78, 5) is 10.9. The molecule has 0 aliphatic carbocycles. The first-order valence-corrected chi connectivity index (χ1v) is 7.81. The minimum absolute atomic E-state index is 0.121. The van der Waals surface area contributed by atoms with Crippen molar-refractivity contribution in [3.63, 3.8) is 0 Å². The van der Waals surface area contributed by atoms with E-state index >= 15 is 0 Å². The minimum atomic E-state index is -0.581. The fraction of sp³-hybridized carbons (Fsp3) is 0.632. The molecule has 0 radical (unpaired) electrons. The molecule has 1 atom stereocenters. The molecule has 0 bridgehead atoms. The summed E-state index contributed by atoms with van der Waals surface area (Å²) in [5.74, 6) is 17.3. The molecule has 1 N–H and O–H groups in total. The summed E-state index contributed by atoms with van der Waals surface area (Å²) in [6.07, 6.45) is 7.27. The molecule has 0 saturated carbocycles. The third kappa shape index (κ3) is 16.2. The van der Waals surface area contributed by atoms with Crippen LogP contribution in [0.1, 0.15) is 64.7 Å². The number of aliphatic hydroxyl groups excluding tert-OH is 1. The highest BCUT2D eigenvalue weighted by Crippen LogP contribution is 2.07. The molecule has 0 heterocycles. The Labute approximate surface area is 134 Å². The zero-order chi connectivity index (χ0) is 16.5. The number of hydrogen-bond acceptors (Lipinski definition) is 3. The molecule has 0 aromatic rings. The van der Waals surface area contributed by atoms with E-state index in [0.717, 1.165) is 38.5 Å². The molecule has 0 rings (SSSR count). The molecule has 0 spiro atoms. The van der Waals surface area contributed by atoms with Gasteiger partial charge in [0.05, 0.1) is 20.0 Å². The van der Waals surface area contributed by atoms with E-state index in [1.807, 2.05) is 0 Å². The molecule has 0 aromatic carbocycles. The fourth-order valence-electron chi connectivity index (χ4n) is 1.68. The van der Waals surface area contributed by atoms with Gasteiger partial charge in [0.1, 0.15) is 6.10 Å². The summed E-state index contributed by atoms with van der Waals surface area (Å²) in [6.45, 7) is 1.63. The van der Waals surface area contributed by atoms with Crippen molar-refractivity contribution in [2.24, 2.45) is 0 Å². The van der Waals surface area contributed by atoms with Gasteiger partial charge in [-0.15, -0.1) is 5.92 Å². The van der Waals surface area contributed by atoms with E-state index in [1.165, 1.54) is 7.11 Å². The van der Waals surface area contributed by atoms with E-state index in [1.54, 1.807) is 6.92 Å². The predicted molar refractivity (Wildman–Crippen MR) is 88.6 cm³/mol. The maximum Gasteiger partial charge on any atom is 0.305 e. The number of unbranched alkanes of at least 4 members (excludes halogenated alkanes) is 5. The smallest absolute Gasteiger partial charge is 0.305 e. The number of ether oxygens (including phenoxy) is 1. The number of carbonyl (C=O) groups is 1. The first kappa shape index (κ1) is 20.1. The van der Waals surface area contributed by atoms with Gasteiger partial charge in [0.2, 0.25) is 0 Å². The lowest BCUT2D eigenvalue weighted by atomic mass is 10.1. The second kappa shape index (κ2) is 15.5. The Hall–Kier alpha value is -1.89. The topological polar surface area (TPSA) is 46.5 Å². The second-order valence-corrected chi connectivity index (χ2v) is 4.90. The maximum absolute atomic E-state index is 10.9. The summed E-state index contributed by atoms with van der Waals surface area (Å²) in [7, 11) is 1.42. The molecule has 120 valence electrons. The Kier molecular flexibility index (Phi) is 14.2. The van der Waals surface area contributed by atoms with Crippen LogP contribution in [0.5, 0.6) is 0 Å². The van der Waals surface area contributed by atoms with Crippen molar-refractivity contribution in [1.29, 1.82) is 0 Å². The van der Waals surface area contributed by atoms with Crippen LogP contribution < -0.4 is 0 Å². The van der Waals surface area contributed by atoms with Crippen LogP contribution in [0.4, 0.5) is 0 Å². The first-order chi connectivity index (χ1) is 10.7. The van der Waals surface area contributed by atoms with Gasteiger partial charge in [-0.1, -0.05) is 48.9 Å². The lowest BCUT2D eigenvalue weighted by molar-refractivity contribution is -0.140. The van der Waals surface area contributed by atoms with Crippen molar-refractivity contribution in [3.05, 3.63) is 0 Å². The highest BCUT2D eigenvalue weighted by Gasteiger charge is 1.98. The molecule has 3 heteroatoms. The third-order valence-electron chi connectivity index (χ3n) is 2.82. The largest absolute Gasteiger partial charge is 0.469 e. The van der Waals surface area contributed by atoms with Crippen LogP contribution in [0.2, 0.25) is 0 Å². The molecule has 0 amide bonds. The summed E-state index contributed by atoms with van der Waals surface area (Å²) in [5.41, 5.74) is 0. The van der Waals surface area contributed by atoms with E-state index in [9.17, 15) is 4.79 Å². The van der Waals surface area contributed by atoms with Gasteiger partial charge in [-0.25, -0.2) is 0 Å². The minimum Gasteiger partial charge on any atom is -0.469 e. The lowest BCUT2D eigenvalue weighted by Gasteiger charge is -1.99. The van der Waals surface area contributed by atoms with Gasteiger partial charge >= 0.3 is 5.97 Å². The van der Waals surface area contributed by atoms with Crippen LogP contribution in [-0.2, 0) is 9.53 Å². The average Bonchev–Trinajstić information content (AvgIpc) is 2.50. The monoisotopic (exact) mass is 302 g/mol. The third-order valence-corrected chi connectivity index (χ3v) is 2.82. The molecule has 3 nitrogen and oxygen atoms in total. The quantitative estimate of drug-likeness (QED) is 0.447. The van der Waals surface area contributed by atoms with Gasteiger partial charge in [-0.2, -0.15) is 0 Å². The van der Waals surface area contributed by atoms with Gasteiger partial charge in [-0.3, -0.25) is 4.79 Å². The summed E-state index contributed by atoms with van der Waals surface area (Å²) >= 11 is 0. The van der Waals surface area contributed by atoms with Crippen molar-refractivity contribution in [3.8, 4) is 35.5 Å². The van der Waals surface area contributed by atoms with Gasteiger partial charge in [0.15, 0.2) is 0 Å². The zero-order valence-corrected chi connectivity index (χ0v) is 13.7. The van der Waals surface area contributed by atoms with Crippen LogP contribution in [0.15, 0.2) is 0 Å². The van der Waals surface area contributed by atoms with Crippen LogP contribution >= 0.6 is 0 Å². The standard InChI is InChI=1S/C19H26O3/c1-18(20)16-14-12-10-8-6-4-3-5-7-9-11-13-15-17-19(21)22-2/h18,20H,5-7,9,11-13,15,17H2,1-2H3/t18-/m1/s1. The number of esters is 1. The number of carbonyl (C=O) groups excluding carboxylic acids is 1. The number of rotatable bonds is 7. The second-order valence-electron chi connectivity index (χ2n) is 4.90. The number of hydrogen-bond donors (Lipinski definition) is 1. The van der Waals surface area contributed by atoms with E-state index in [4.69, 9.17) is 5.11 Å². The Bertz CT molecular complexity index is 472. The van der Waals surface area contributed by atoms with Gasteiger partial charge in [0, 0.05) is 12.8 Å². The van der Waals surface area contributed by atoms with E-state index in [-0.39, 0.29) is 5.97 Å². The van der Waals surface area contributed by atoms with Crippen molar-refractivity contribution < 1.29 is 14.6 Å². The Morgan fingerprint density at radius 1 is 0.955 bits per heavy atom. The SMILES string of the molecule is COC(=O)CCCCCCCC#CCC#CCC#C[C@@H](C)O. The Morgan fingerprint density at radius 3 is 2.23 bits per heavy atom. The molecular formula is C19H26O3. The van der Waals surface area contributed by atoms with Crippen LogP contribution in [0.3, 0.4) is 0 Å². The van der Waals surface area contributed by atoms with Gasteiger partial charge in [0.25, 0.3) is 0 Å². The van der Waals surface area contributed by atoms with Gasteiger partial charge in [-0.05, 0) is 19.8 Å². The van der Waals surface area contributed by atoms with Crippen molar-refractivity contribution in [1.82, 2.24) is 0 Å². The van der Waals surface area contributed by atoms with E-state index in [2.05, 4.69) is 40.3 Å². The zero-order valence-electron chi connectivity index (χ0n) is 13.7. The van der Waals surface area contributed by atoms with Crippen molar-refractivity contribution >= 4 is 5.97 Å². The van der Waals surface area contributed by atoms with E-state index in [0.29, 0.717) is 19.3 Å². The highest BCUT2D eigenvalue weighted by atomic mass is 16.5. The van der Waals surface area contributed by atoms with Crippen LogP contribution in [-0.4, -0.2) is 24.3 Å². The average molecular weight is 302 g/mol. The molecule has 0 fully saturated rings. The van der Waals surface area contributed by atoms with Gasteiger partial charge < -0.3 is 9.84 Å². The number of aliphatic hydroxyl groups is 1. The Balaban J connectivity index is 3.42. The number of methoxy groups -OCH3 is 1. The molecular weight excluding hydrogens is 276 g/mol. The summed E-state index contributed by atoms with van der Waals surface area (Å²) < 4.78 is 4.59. The van der Waals surface area contributed by atoms with Crippen LogP contribution in [0, 0.1) is 35.5 Å². The fourth-order valence-corrected chi connectivity index (χ4v) is 1.68. The Morgan fingerprint density at radius 2 is 1.55 bits per heavy atom. The molecule has 22 heavy (non-hydrogen) atoms. The molecule has 0 aliphatic rings. The molecule has 0 aliphatic heterocycles.